The molecule has 1 nitrogen and oxygen atoms in total. The van der Waals surface area contributed by atoms with E-state index >= 15 is 0 Å². The Kier molecular flexibility index (Phi) is 4.43. The van der Waals surface area contributed by atoms with E-state index in [4.69, 9.17) is 0 Å². The van der Waals surface area contributed by atoms with Crippen LogP contribution in [0.3, 0.4) is 0 Å². The number of hydrogen-bond donors (Lipinski definition) is 1. The van der Waals surface area contributed by atoms with Crippen LogP contribution in [0.4, 0.5) is 0 Å². The molecule has 84 valence electrons. The van der Waals surface area contributed by atoms with Crippen LogP contribution in [0.2, 0.25) is 0 Å². The van der Waals surface area contributed by atoms with Crippen LogP contribution < -0.4 is 5.32 Å². The maximum Gasteiger partial charge on any atom is 0.00104 e. The Morgan fingerprint density at radius 1 is 1.36 bits per heavy atom. The Morgan fingerprint density at radius 3 is 2.57 bits per heavy atom. The Bertz CT molecular complexity index is 165. The molecule has 0 radical (unpaired) electrons. The molecule has 0 aliphatic heterocycles. The fourth-order valence-electron chi connectivity index (χ4n) is 2.54. The Labute approximate surface area is 89.7 Å². The monoisotopic (exact) mass is 197 g/mol. The lowest BCUT2D eigenvalue weighted by Crippen LogP contribution is -2.26. The van der Waals surface area contributed by atoms with E-state index in [2.05, 4.69) is 33.0 Å². The van der Waals surface area contributed by atoms with Gasteiger partial charge in [0.15, 0.2) is 0 Å². The molecular weight excluding hydrogens is 170 g/mol. The lowest BCUT2D eigenvalue weighted by Gasteiger charge is -2.15. The van der Waals surface area contributed by atoms with Crippen molar-refractivity contribution < 1.29 is 0 Å². The molecule has 0 saturated heterocycles. The summed E-state index contributed by atoms with van der Waals surface area (Å²) in [5.74, 6) is 0.974. The van der Waals surface area contributed by atoms with Crippen molar-refractivity contribution >= 4 is 0 Å². The van der Waals surface area contributed by atoms with Crippen molar-refractivity contribution in [3.05, 3.63) is 0 Å². The van der Waals surface area contributed by atoms with Crippen molar-refractivity contribution in [2.24, 2.45) is 11.3 Å². The van der Waals surface area contributed by atoms with Gasteiger partial charge >= 0.3 is 0 Å². The summed E-state index contributed by atoms with van der Waals surface area (Å²) in [4.78, 5) is 0. The second-order valence-electron chi connectivity index (χ2n) is 5.28. The second kappa shape index (κ2) is 5.16. The van der Waals surface area contributed by atoms with Crippen LogP contribution in [0.25, 0.3) is 0 Å². The van der Waals surface area contributed by atoms with Crippen LogP contribution in [-0.2, 0) is 0 Å². The second-order valence-corrected chi connectivity index (χ2v) is 5.28. The zero-order valence-corrected chi connectivity index (χ0v) is 10.4. The third kappa shape index (κ3) is 2.98. The van der Waals surface area contributed by atoms with E-state index in [1.165, 1.54) is 38.6 Å². The van der Waals surface area contributed by atoms with Crippen molar-refractivity contribution in [3.8, 4) is 0 Å². The minimum Gasteiger partial charge on any atom is -0.314 e. The molecular formula is C13H27N. The van der Waals surface area contributed by atoms with Crippen LogP contribution >= 0.6 is 0 Å². The van der Waals surface area contributed by atoms with E-state index < -0.39 is 0 Å². The van der Waals surface area contributed by atoms with Gasteiger partial charge in [0.05, 0.1) is 0 Å². The van der Waals surface area contributed by atoms with E-state index in [-0.39, 0.29) is 0 Å². The molecule has 1 fully saturated rings. The molecule has 1 heteroatoms. The van der Waals surface area contributed by atoms with Gasteiger partial charge in [-0.25, -0.2) is 0 Å². The first-order chi connectivity index (χ1) is 6.64. The summed E-state index contributed by atoms with van der Waals surface area (Å²) in [6.07, 6.45) is 7.10. The average molecular weight is 197 g/mol. The van der Waals surface area contributed by atoms with Gasteiger partial charge < -0.3 is 5.32 Å². The average Bonchev–Trinajstić information content (AvgIpc) is 2.86. The maximum absolute atomic E-state index is 3.57. The zero-order valence-electron chi connectivity index (χ0n) is 10.4. The van der Waals surface area contributed by atoms with Gasteiger partial charge in [0, 0.05) is 6.04 Å². The fraction of sp³-hybridized carbons (Fsp3) is 1.00. The quantitative estimate of drug-likeness (QED) is 0.657. The minimum absolute atomic E-state index is 0.649. The molecule has 0 heterocycles. The molecule has 1 aliphatic rings. The third-order valence-corrected chi connectivity index (χ3v) is 3.86. The van der Waals surface area contributed by atoms with E-state index in [1.54, 1.807) is 0 Å². The van der Waals surface area contributed by atoms with Crippen LogP contribution in [0.15, 0.2) is 0 Å². The fourth-order valence-corrected chi connectivity index (χ4v) is 2.54. The molecule has 0 aromatic rings. The van der Waals surface area contributed by atoms with E-state index in [9.17, 15) is 0 Å². The van der Waals surface area contributed by atoms with Gasteiger partial charge in [-0.1, -0.05) is 47.0 Å². The maximum atomic E-state index is 3.57. The van der Waals surface area contributed by atoms with E-state index in [0.29, 0.717) is 6.04 Å². The highest BCUT2D eigenvalue weighted by Gasteiger charge is 2.50. The first-order valence-corrected chi connectivity index (χ1v) is 6.38. The Hall–Kier alpha value is -0.0400. The highest BCUT2D eigenvalue weighted by Crippen LogP contribution is 2.58. The SMILES string of the molecule is CCCCC1(CC)CC1CNC(C)C. The molecule has 0 aromatic heterocycles. The van der Waals surface area contributed by atoms with Crippen molar-refractivity contribution in [3.63, 3.8) is 0 Å². The first kappa shape index (κ1) is 12.0. The van der Waals surface area contributed by atoms with Gasteiger partial charge in [0.1, 0.15) is 0 Å². The molecule has 2 atom stereocenters. The Balaban J connectivity index is 2.23. The van der Waals surface area contributed by atoms with Crippen molar-refractivity contribution in [1.82, 2.24) is 5.32 Å². The summed E-state index contributed by atoms with van der Waals surface area (Å²) >= 11 is 0. The predicted molar refractivity (Wildman–Crippen MR) is 63.5 cm³/mol. The molecule has 1 saturated carbocycles. The molecule has 1 N–H and O–H groups in total. The summed E-state index contributed by atoms with van der Waals surface area (Å²) in [5.41, 5.74) is 0.734. The van der Waals surface area contributed by atoms with Crippen molar-refractivity contribution in [1.29, 1.82) is 0 Å². The van der Waals surface area contributed by atoms with Gasteiger partial charge in [-0.15, -0.1) is 0 Å². The van der Waals surface area contributed by atoms with Crippen LogP contribution in [-0.4, -0.2) is 12.6 Å². The first-order valence-electron chi connectivity index (χ1n) is 6.38. The predicted octanol–water partition coefficient (Wildman–Crippen LogP) is 3.59. The summed E-state index contributed by atoms with van der Waals surface area (Å²) in [7, 11) is 0. The van der Waals surface area contributed by atoms with Gasteiger partial charge in [0.25, 0.3) is 0 Å². The van der Waals surface area contributed by atoms with Gasteiger partial charge in [-0.05, 0) is 30.7 Å². The highest BCUT2D eigenvalue weighted by molar-refractivity contribution is 5.01. The van der Waals surface area contributed by atoms with Crippen molar-refractivity contribution in [2.75, 3.05) is 6.54 Å². The normalized spacial score (nSPS) is 31.1. The summed E-state index contributed by atoms with van der Waals surface area (Å²) in [5, 5.41) is 3.57. The molecule has 14 heavy (non-hydrogen) atoms. The largest absolute Gasteiger partial charge is 0.314 e. The number of hydrogen-bond acceptors (Lipinski definition) is 1. The molecule has 0 bridgehead atoms. The summed E-state index contributed by atoms with van der Waals surface area (Å²) < 4.78 is 0. The standard InChI is InChI=1S/C13H27N/c1-5-7-8-13(6-2)9-12(13)10-14-11(3)4/h11-12,14H,5-10H2,1-4H3. The smallest absolute Gasteiger partial charge is 0.00104 e. The summed E-state index contributed by atoms with van der Waals surface area (Å²) in [6, 6.07) is 0.649. The van der Waals surface area contributed by atoms with Gasteiger partial charge in [0.2, 0.25) is 0 Å². The van der Waals surface area contributed by atoms with Crippen LogP contribution in [0.5, 0.6) is 0 Å². The number of nitrogens with one attached hydrogen (secondary N) is 1. The van der Waals surface area contributed by atoms with Gasteiger partial charge in [-0.2, -0.15) is 0 Å². The van der Waals surface area contributed by atoms with Crippen LogP contribution in [0.1, 0.15) is 59.8 Å². The van der Waals surface area contributed by atoms with E-state index in [0.717, 1.165) is 11.3 Å². The third-order valence-electron chi connectivity index (χ3n) is 3.86. The molecule has 0 amide bonds. The molecule has 1 rings (SSSR count). The van der Waals surface area contributed by atoms with E-state index in [1.807, 2.05) is 0 Å². The van der Waals surface area contributed by atoms with Gasteiger partial charge in [-0.3, -0.25) is 0 Å². The van der Waals surface area contributed by atoms with Crippen molar-refractivity contribution in [2.45, 2.75) is 65.8 Å². The lowest BCUT2D eigenvalue weighted by molar-refractivity contribution is 0.374. The highest BCUT2D eigenvalue weighted by atomic mass is 14.9. The molecule has 1 aliphatic carbocycles. The molecule has 2 unspecified atom stereocenters. The lowest BCUT2D eigenvalue weighted by atomic mass is 9.93. The zero-order chi connectivity index (χ0) is 10.6. The molecule has 0 spiro atoms. The van der Waals surface area contributed by atoms with Crippen LogP contribution in [0, 0.1) is 11.3 Å². The minimum atomic E-state index is 0.649. The number of rotatable bonds is 7. The summed E-state index contributed by atoms with van der Waals surface area (Å²) in [6.45, 7) is 10.4. The topological polar surface area (TPSA) is 12.0 Å². The Morgan fingerprint density at radius 2 is 2.07 bits per heavy atom. The molecule has 0 aromatic carbocycles. The number of unbranched alkanes of at least 4 members (excludes halogenated alkanes) is 1.